The molecule has 0 amide bonds. The molecular formula is C16H22BrNO2. The summed E-state index contributed by atoms with van der Waals surface area (Å²) in [5.41, 5.74) is 1.19. The summed E-state index contributed by atoms with van der Waals surface area (Å²) in [5.74, 6) is -0.0149. The van der Waals surface area contributed by atoms with E-state index in [-0.39, 0.29) is 0 Å². The lowest BCUT2D eigenvalue weighted by atomic mass is 9.84. The number of carbonyl (C=O) groups is 1. The minimum absolute atomic E-state index is 0.375. The number of halogens is 1. The standard InChI is InChI=1S/C16H22BrNO2/c1-3-11-4-7-13(8-5-11)18(2)15-9-6-12(17)10-14(15)16(19)20/h6,9-11,13H,3-5,7-8H2,1-2H3,(H,19,20). The van der Waals surface area contributed by atoms with Crippen LogP contribution in [0.15, 0.2) is 22.7 Å². The third kappa shape index (κ3) is 3.35. The lowest BCUT2D eigenvalue weighted by Gasteiger charge is -2.36. The van der Waals surface area contributed by atoms with Gasteiger partial charge in [0.2, 0.25) is 0 Å². The molecule has 1 aliphatic carbocycles. The second-order valence-corrected chi connectivity index (χ2v) is 6.58. The Kier molecular flexibility index (Phi) is 5.08. The van der Waals surface area contributed by atoms with Gasteiger partial charge in [-0.25, -0.2) is 4.79 Å². The molecule has 2 rings (SSSR count). The first-order chi connectivity index (χ1) is 9.52. The van der Waals surface area contributed by atoms with E-state index in [2.05, 4.69) is 27.8 Å². The molecule has 1 N–H and O–H groups in total. The monoisotopic (exact) mass is 339 g/mol. The van der Waals surface area contributed by atoms with Crippen LogP contribution in [0.2, 0.25) is 0 Å². The SMILES string of the molecule is CCC1CCC(N(C)c2ccc(Br)cc2C(=O)O)CC1. The van der Waals surface area contributed by atoms with Crippen LogP contribution < -0.4 is 4.90 Å². The lowest BCUT2D eigenvalue weighted by molar-refractivity contribution is 0.0697. The summed E-state index contributed by atoms with van der Waals surface area (Å²) in [7, 11) is 2.02. The smallest absolute Gasteiger partial charge is 0.337 e. The Labute approximate surface area is 129 Å². The minimum atomic E-state index is -0.865. The molecule has 20 heavy (non-hydrogen) atoms. The zero-order chi connectivity index (χ0) is 14.7. The van der Waals surface area contributed by atoms with Gasteiger partial charge in [-0.05, 0) is 49.8 Å². The van der Waals surface area contributed by atoms with Crippen LogP contribution in [0.1, 0.15) is 49.4 Å². The topological polar surface area (TPSA) is 40.5 Å². The van der Waals surface area contributed by atoms with Gasteiger partial charge in [-0.2, -0.15) is 0 Å². The van der Waals surface area contributed by atoms with Crippen molar-refractivity contribution >= 4 is 27.6 Å². The molecule has 1 aromatic rings. The number of anilines is 1. The van der Waals surface area contributed by atoms with E-state index in [9.17, 15) is 9.90 Å². The summed E-state index contributed by atoms with van der Waals surface area (Å²) in [6.07, 6.45) is 6.08. The molecular weight excluding hydrogens is 318 g/mol. The van der Waals surface area contributed by atoms with Crippen molar-refractivity contribution in [3.63, 3.8) is 0 Å². The third-order valence-corrected chi connectivity index (χ3v) is 5.00. The van der Waals surface area contributed by atoms with Gasteiger partial charge in [0.15, 0.2) is 0 Å². The average molecular weight is 340 g/mol. The van der Waals surface area contributed by atoms with Gasteiger partial charge in [0.1, 0.15) is 0 Å². The highest BCUT2D eigenvalue weighted by molar-refractivity contribution is 9.10. The molecule has 1 saturated carbocycles. The summed E-state index contributed by atoms with van der Waals surface area (Å²) >= 11 is 3.35. The molecule has 110 valence electrons. The van der Waals surface area contributed by atoms with Gasteiger partial charge in [0.05, 0.1) is 11.3 Å². The maximum absolute atomic E-state index is 11.4. The van der Waals surface area contributed by atoms with E-state index in [4.69, 9.17) is 0 Å². The first kappa shape index (κ1) is 15.4. The lowest BCUT2D eigenvalue weighted by Crippen LogP contribution is -2.36. The van der Waals surface area contributed by atoms with Gasteiger partial charge < -0.3 is 10.0 Å². The molecule has 0 atom stereocenters. The van der Waals surface area contributed by atoms with Crippen LogP contribution in [-0.4, -0.2) is 24.2 Å². The van der Waals surface area contributed by atoms with Crippen LogP contribution in [0.5, 0.6) is 0 Å². The Hall–Kier alpha value is -1.03. The highest BCUT2D eigenvalue weighted by Gasteiger charge is 2.25. The number of hydrogen-bond donors (Lipinski definition) is 1. The number of carboxylic acids is 1. The highest BCUT2D eigenvalue weighted by atomic mass is 79.9. The predicted molar refractivity (Wildman–Crippen MR) is 85.5 cm³/mol. The molecule has 1 fully saturated rings. The quantitative estimate of drug-likeness (QED) is 0.874. The minimum Gasteiger partial charge on any atom is -0.478 e. The molecule has 4 heteroatoms. The van der Waals surface area contributed by atoms with Crippen molar-refractivity contribution in [3.8, 4) is 0 Å². The van der Waals surface area contributed by atoms with E-state index in [1.54, 1.807) is 6.07 Å². The predicted octanol–water partition coefficient (Wildman–Crippen LogP) is 4.55. The fourth-order valence-corrected chi connectivity index (χ4v) is 3.49. The average Bonchev–Trinajstić information content (AvgIpc) is 2.46. The molecule has 1 aliphatic rings. The van der Waals surface area contributed by atoms with Gasteiger partial charge in [-0.3, -0.25) is 0 Å². The van der Waals surface area contributed by atoms with Crippen molar-refractivity contribution in [2.45, 2.75) is 45.1 Å². The number of rotatable bonds is 4. The van der Waals surface area contributed by atoms with Crippen molar-refractivity contribution in [1.29, 1.82) is 0 Å². The van der Waals surface area contributed by atoms with E-state index in [1.807, 2.05) is 19.2 Å². The van der Waals surface area contributed by atoms with Gasteiger partial charge in [-0.1, -0.05) is 29.3 Å². The van der Waals surface area contributed by atoms with Crippen molar-refractivity contribution in [2.75, 3.05) is 11.9 Å². The fraction of sp³-hybridized carbons (Fsp3) is 0.562. The maximum atomic E-state index is 11.4. The molecule has 0 aromatic heterocycles. The van der Waals surface area contributed by atoms with Gasteiger partial charge in [-0.15, -0.1) is 0 Å². The van der Waals surface area contributed by atoms with E-state index in [0.717, 1.165) is 28.9 Å². The zero-order valence-electron chi connectivity index (χ0n) is 12.1. The van der Waals surface area contributed by atoms with Crippen molar-refractivity contribution in [3.05, 3.63) is 28.2 Å². The molecule has 3 nitrogen and oxygen atoms in total. The molecule has 0 heterocycles. The van der Waals surface area contributed by atoms with Crippen LogP contribution in [0.4, 0.5) is 5.69 Å². The molecule has 0 aliphatic heterocycles. The van der Waals surface area contributed by atoms with Crippen LogP contribution in [0.3, 0.4) is 0 Å². The Morgan fingerprint density at radius 3 is 2.55 bits per heavy atom. The van der Waals surface area contributed by atoms with Crippen molar-refractivity contribution in [2.24, 2.45) is 5.92 Å². The van der Waals surface area contributed by atoms with E-state index in [1.165, 1.54) is 19.3 Å². The number of benzene rings is 1. The molecule has 0 bridgehead atoms. The number of carboxylic acid groups (broad SMARTS) is 1. The van der Waals surface area contributed by atoms with E-state index < -0.39 is 5.97 Å². The second kappa shape index (κ2) is 6.61. The first-order valence-electron chi connectivity index (χ1n) is 7.28. The van der Waals surface area contributed by atoms with E-state index in [0.29, 0.717) is 11.6 Å². The molecule has 0 radical (unpaired) electrons. The summed E-state index contributed by atoms with van der Waals surface area (Å²) in [4.78, 5) is 13.6. The first-order valence-corrected chi connectivity index (χ1v) is 8.08. The van der Waals surface area contributed by atoms with E-state index >= 15 is 0 Å². The van der Waals surface area contributed by atoms with Crippen LogP contribution in [-0.2, 0) is 0 Å². The number of hydrogen-bond acceptors (Lipinski definition) is 2. The Bertz CT molecular complexity index is 481. The summed E-state index contributed by atoms with van der Waals surface area (Å²) in [5, 5.41) is 9.37. The van der Waals surface area contributed by atoms with Crippen LogP contribution >= 0.6 is 15.9 Å². The third-order valence-electron chi connectivity index (χ3n) is 4.51. The normalized spacial score (nSPS) is 22.6. The molecule has 0 spiro atoms. The largest absolute Gasteiger partial charge is 0.478 e. The number of nitrogens with zero attached hydrogens (tertiary/aromatic N) is 1. The second-order valence-electron chi connectivity index (χ2n) is 5.66. The summed E-state index contributed by atoms with van der Waals surface area (Å²) in [6.45, 7) is 2.26. The van der Waals surface area contributed by atoms with Gasteiger partial charge in [0, 0.05) is 17.6 Å². The number of aromatic carboxylic acids is 1. The van der Waals surface area contributed by atoms with Crippen LogP contribution in [0, 0.1) is 5.92 Å². The van der Waals surface area contributed by atoms with Crippen LogP contribution in [0.25, 0.3) is 0 Å². The highest BCUT2D eigenvalue weighted by Crippen LogP contribution is 2.33. The Balaban J connectivity index is 2.17. The van der Waals surface area contributed by atoms with Crippen molar-refractivity contribution in [1.82, 2.24) is 0 Å². The molecule has 0 saturated heterocycles. The molecule has 1 aromatic carbocycles. The summed E-state index contributed by atoms with van der Waals surface area (Å²) in [6, 6.07) is 5.96. The maximum Gasteiger partial charge on any atom is 0.337 e. The fourth-order valence-electron chi connectivity index (χ4n) is 3.12. The Morgan fingerprint density at radius 2 is 2.00 bits per heavy atom. The van der Waals surface area contributed by atoms with Crippen molar-refractivity contribution < 1.29 is 9.90 Å². The van der Waals surface area contributed by atoms with Gasteiger partial charge >= 0.3 is 5.97 Å². The summed E-state index contributed by atoms with van der Waals surface area (Å²) < 4.78 is 0.807. The molecule has 0 unspecified atom stereocenters. The van der Waals surface area contributed by atoms with Gasteiger partial charge in [0.25, 0.3) is 0 Å². The zero-order valence-corrected chi connectivity index (χ0v) is 13.7. The Morgan fingerprint density at radius 1 is 1.35 bits per heavy atom.